The molecule has 3 heteroatoms. The van der Waals surface area contributed by atoms with Crippen molar-refractivity contribution in [3.05, 3.63) is 0 Å². The molecule has 0 aromatic rings. The molecule has 0 radical (unpaired) electrons. The number of hydrogen-bond donors (Lipinski definition) is 2. The summed E-state index contributed by atoms with van der Waals surface area (Å²) in [7, 11) is 0. The van der Waals surface area contributed by atoms with Crippen molar-refractivity contribution in [1.82, 2.24) is 0 Å². The molecule has 0 atom stereocenters. The van der Waals surface area contributed by atoms with Crippen LogP contribution in [0.25, 0.3) is 0 Å². The van der Waals surface area contributed by atoms with E-state index in [0.29, 0.717) is 19.0 Å². The second-order valence-corrected chi connectivity index (χ2v) is 8.82. The summed E-state index contributed by atoms with van der Waals surface area (Å²) in [6.07, 6.45) is 16.4. The monoisotopic (exact) mass is 338 g/mol. The van der Waals surface area contributed by atoms with Crippen molar-refractivity contribution in [1.29, 1.82) is 0 Å². The summed E-state index contributed by atoms with van der Waals surface area (Å²) in [6.45, 7) is 2.47. The van der Waals surface area contributed by atoms with Crippen LogP contribution < -0.4 is 0 Å². The number of Topliss-reactive ketones (excluding diaryl/α,β-unsaturated/α-hetero) is 1. The van der Waals surface area contributed by atoms with Crippen LogP contribution in [0.5, 0.6) is 0 Å². The summed E-state index contributed by atoms with van der Waals surface area (Å²) < 4.78 is 0. The first-order valence-corrected chi connectivity index (χ1v) is 10.3. The Morgan fingerprint density at radius 3 is 1.50 bits per heavy atom. The van der Waals surface area contributed by atoms with Crippen LogP contribution >= 0.6 is 0 Å². The van der Waals surface area contributed by atoms with Gasteiger partial charge in [-0.3, -0.25) is 4.79 Å². The topological polar surface area (TPSA) is 57.5 Å². The zero-order chi connectivity index (χ0) is 17.5. The Labute approximate surface area is 148 Å². The van der Waals surface area contributed by atoms with Crippen LogP contribution in [-0.2, 0) is 4.79 Å². The van der Waals surface area contributed by atoms with E-state index in [1.165, 1.54) is 64.2 Å². The average molecular weight is 339 g/mol. The average Bonchev–Trinajstić information content (AvgIpc) is 3.48. The first-order valence-electron chi connectivity index (χ1n) is 10.3. The molecular formula is C21H38O3. The SMILES string of the molecule is CC(=O)C(CCCCCC1(CO)CC1)CCCCCC1(CO)CC1. The van der Waals surface area contributed by atoms with Crippen LogP contribution in [0.15, 0.2) is 0 Å². The van der Waals surface area contributed by atoms with Crippen LogP contribution in [0.1, 0.15) is 96.8 Å². The number of carbonyl (C=O) groups excluding carboxylic acids is 1. The second-order valence-electron chi connectivity index (χ2n) is 8.82. The van der Waals surface area contributed by atoms with E-state index >= 15 is 0 Å². The number of ketones is 1. The number of rotatable bonds is 15. The highest BCUT2D eigenvalue weighted by Gasteiger charge is 2.41. The molecule has 2 aliphatic rings. The standard InChI is InChI=1S/C21H38O3/c1-18(24)19(8-4-2-6-10-20(16-22)12-13-20)9-5-3-7-11-21(17-23)14-15-21/h19,22-23H,2-17H2,1H3. The molecule has 2 fully saturated rings. The molecule has 0 aromatic carbocycles. The Balaban J connectivity index is 1.49. The zero-order valence-electron chi connectivity index (χ0n) is 15.7. The molecule has 0 saturated heterocycles. The van der Waals surface area contributed by atoms with Crippen LogP contribution in [0.3, 0.4) is 0 Å². The summed E-state index contributed by atoms with van der Waals surface area (Å²) in [5.74, 6) is 0.614. The van der Waals surface area contributed by atoms with E-state index in [2.05, 4.69) is 0 Å². The minimum Gasteiger partial charge on any atom is -0.396 e. The van der Waals surface area contributed by atoms with Crippen LogP contribution in [0.4, 0.5) is 0 Å². The van der Waals surface area contributed by atoms with E-state index < -0.39 is 0 Å². The Bertz CT molecular complexity index is 353. The van der Waals surface area contributed by atoms with Crippen molar-refractivity contribution in [3.8, 4) is 0 Å². The summed E-state index contributed by atoms with van der Waals surface area (Å²) in [6, 6.07) is 0. The minimum absolute atomic E-state index is 0.255. The van der Waals surface area contributed by atoms with Crippen LogP contribution in [0, 0.1) is 16.7 Å². The second kappa shape index (κ2) is 9.33. The van der Waals surface area contributed by atoms with Crippen molar-refractivity contribution in [2.45, 2.75) is 96.8 Å². The maximum atomic E-state index is 11.8. The first kappa shape index (κ1) is 19.9. The first-order chi connectivity index (χ1) is 11.5. The predicted molar refractivity (Wildman–Crippen MR) is 97.8 cm³/mol. The Morgan fingerprint density at radius 1 is 0.792 bits per heavy atom. The molecule has 0 heterocycles. The van der Waals surface area contributed by atoms with Crippen LogP contribution in [0.2, 0.25) is 0 Å². The maximum Gasteiger partial charge on any atom is 0.132 e. The Kier molecular flexibility index (Phi) is 7.74. The highest BCUT2D eigenvalue weighted by Crippen LogP contribution is 2.50. The fraction of sp³-hybridized carbons (Fsp3) is 0.952. The molecule has 0 aliphatic heterocycles. The number of aliphatic hydroxyl groups excluding tert-OH is 2. The quantitative estimate of drug-likeness (QED) is 0.428. The van der Waals surface area contributed by atoms with Gasteiger partial charge >= 0.3 is 0 Å². The molecule has 2 N–H and O–H groups in total. The minimum atomic E-state index is 0.255. The third-order valence-corrected chi connectivity index (χ3v) is 6.68. The molecule has 2 saturated carbocycles. The van der Waals surface area contributed by atoms with Gasteiger partial charge in [0.05, 0.1) is 0 Å². The summed E-state index contributed by atoms with van der Waals surface area (Å²) in [5, 5.41) is 18.7. The van der Waals surface area contributed by atoms with Gasteiger partial charge in [-0.2, -0.15) is 0 Å². The largest absolute Gasteiger partial charge is 0.396 e. The van der Waals surface area contributed by atoms with Gasteiger partial charge < -0.3 is 10.2 Å². The van der Waals surface area contributed by atoms with Crippen LogP contribution in [-0.4, -0.2) is 29.2 Å². The highest BCUT2D eigenvalue weighted by atomic mass is 16.3. The number of aliphatic hydroxyl groups is 2. The Hall–Kier alpha value is -0.410. The lowest BCUT2D eigenvalue weighted by atomic mass is 9.90. The molecule has 0 bridgehead atoms. The number of carbonyl (C=O) groups is 1. The molecule has 2 aliphatic carbocycles. The fourth-order valence-electron chi connectivity index (χ4n) is 4.01. The van der Waals surface area contributed by atoms with Gasteiger partial charge in [0.1, 0.15) is 5.78 Å². The fourth-order valence-corrected chi connectivity index (χ4v) is 4.01. The van der Waals surface area contributed by atoms with Gasteiger partial charge in [0, 0.05) is 19.1 Å². The van der Waals surface area contributed by atoms with Crippen molar-refractivity contribution >= 4 is 5.78 Å². The van der Waals surface area contributed by atoms with Gasteiger partial charge in [-0.1, -0.05) is 38.5 Å². The van der Waals surface area contributed by atoms with Gasteiger partial charge in [0.15, 0.2) is 0 Å². The van der Waals surface area contributed by atoms with E-state index in [-0.39, 0.29) is 16.7 Å². The summed E-state index contributed by atoms with van der Waals surface area (Å²) in [5.41, 5.74) is 0.570. The molecular weight excluding hydrogens is 300 g/mol. The lowest BCUT2D eigenvalue weighted by Crippen LogP contribution is -2.11. The predicted octanol–water partition coefficient (Wildman–Crippen LogP) is 4.64. The molecule has 2 rings (SSSR count). The normalized spacial score (nSPS) is 20.3. The molecule has 0 amide bonds. The number of unbranched alkanes of at least 4 members (excludes halogenated alkanes) is 4. The maximum absolute atomic E-state index is 11.8. The van der Waals surface area contributed by atoms with Gasteiger partial charge in [0.25, 0.3) is 0 Å². The van der Waals surface area contributed by atoms with E-state index in [4.69, 9.17) is 0 Å². The van der Waals surface area contributed by atoms with E-state index in [9.17, 15) is 15.0 Å². The van der Waals surface area contributed by atoms with E-state index in [0.717, 1.165) is 25.7 Å². The summed E-state index contributed by atoms with van der Waals surface area (Å²) in [4.78, 5) is 11.8. The van der Waals surface area contributed by atoms with Gasteiger partial charge in [-0.15, -0.1) is 0 Å². The van der Waals surface area contributed by atoms with Gasteiger partial charge in [0.2, 0.25) is 0 Å². The van der Waals surface area contributed by atoms with E-state index in [1.807, 2.05) is 0 Å². The summed E-state index contributed by atoms with van der Waals surface area (Å²) >= 11 is 0. The third kappa shape index (κ3) is 6.48. The zero-order valence-corrected chi connectivity index (χ0v) is 15.7. The van der Waals surface area contributed by atoms with Crippen molar-refractivity contribution in [2.24, 2.45) is 16.7 Å². The molecule has 3 nitrogen and oxygen atoms in total. The van der Waals surface area contributed by atoms with Crippen molar-refractivity contribution in [2.75, 3.05) is 13.2 Å². The molecule has 140 valence electrons. The third-order valence-electron chi connectivity index (χ3n) is 6.68. The smallest absolute Gasteiger partial charge is 0.132 e. The number of hydrogen-bond acceptors (Lipinski definition) is 3. The molecule has 0 aromatic heterocycles. The van der Waals surface area contributed by atoms with E-state index in [1.54, 1.807) is 6.92 Å². The molecule has 0 unspecified atom stereocenters. The molecule has 24 heavy (non-hydrogen) atoms. The van der Waals surface area contributed by atoms with Crippen molar-refractivity contribution in [3.63, 3.8) is 0 Å². The van der Waals surface area contributed by atoms with Gasteiger partial charge in [-0.25, -0.2) is 0 Å². The highest BCUT2D eigenvalue weighted by molar-refractivity contribution is 5.78. The van der Waals surface area contributed by atoms with Crippen molar-refractivity contribution < 1.29 is 15.0 Å². The lowest BCUT2D eigenvalue weighted by Gasteiger charge is -2.15. The van der Waals surface area contributed by atoms with Gasteiger partial charge in [-0.05, 0) is 69.1 Å². The molecule has 0 spiro atoms. The Morgan fingerprint density at radius 2 is 1.21 bits per heavy atom. The lowest BCUT2D eigenvalue weighted by molar-refractivity contribution is -0.121.